The predicted octanol–water partition coefficient (Wildman–Crippen LogP) is 5.55. The minimum atomic E-state index is -4.38. The molecule has 1 aliphatic rings. The van der Waals surface area contributed by atoms with Gasteiger partial charge in [-0.25, -0.2) is 4.79 Å². The van der Waals surface area contributed by atoms with E-state index in [1.165, 1.54) is 24.3 Å². The van der Waals surface area contributed by atoms with E-state index in [4.69, 9.17) is 5.11 Å². The van der Waals surface area contributed by atoms with Crippen molar-refractivity contribution in [3.05, 3.63) is 89.0 Å². The smallest absolute Gasteiger partial charge is 0.416 e. The van der Waals surface area contributed by atoms with Crippen molar-refractivity contribution in [3.8, 4) is 11.1 Å². The molecule has 4 nitrogen and oxygen atoms in total. The number of anilines is 1. The van der Waals surface area contributed by atoms with Crippen molar-refractivity contribution in [2.24, 2.45) is 0 Å². The molecule has 1 heterocycles. The molecule has 1 amide bonds. The average molecular weight is 425 g/mol. The maximum Gasteiger partial charge on any atom is 0.416 e. The predicted molar refractivity (Wildman–Crippen MR) is 110 cm³/mol. The molecule has 0 unspecified atom stereocenters. The summed E-state index contributed by atoms with van der Waals surface area (Å²) in [5.74, 6) is -1.04. The molecule has 158 valence electrons. The van der Waals surface area contributed by atoms with Crippen molar-refractivity contribution < 1.29 is 27.9 Å². The summed E-state index contributed by atoms with van der Waals surface area (Å²) < 4.78 is 38.4. The van der Waals surface area contributed by atoms with Gasteiger partial charge < -0.3 is 10.0 Å². The lowest BCUT2D eigenvalue weighted by Crippen LogP contribution is -2.34. The van der Waals surface area contributed by atoms with Crippen molar-refractivity contribution in [1.82, 2.24) is 0 Å². The number of aryl methyl sites for hydroxylation is 1. The molecule has 0 aliphatic carbocycles. The van der Waals surface area contributed by atoms with Crippen LogP contribution in [0.1, 0.15) is 33.5 Å². The first-order valence-corrected chi connectivity index (χ1v) is 9.65. The van der Waals surface area contributed by atoms with E-state index in [0.717, 1.165) is 34.5 Å². The number of fused-ring (bicyclic) bond motifs is 1. The van der Waals surface area contributed by atoms with Gasteiger partial charge in [-0.15, -0.1) is 0 Å². The van der Waals surface area contributed by atoms with Crippen LogP contribution in [0.2, 0.25) is 0 Å². The van der Waals surface area contributed by atoms with Gasteiger partial charge in [0.2, 0.25) is 5.91 Å². The molecule has 3 aromatic rings. The summed E-state index contributed by atoms with van der Waals surface area (Å²) in [7, 11) is 0. The van der Waals surface area contributed by atoms with Gasteiger partial charge in [0.05, 0.1) is 17.7 Å². The Morgan fingerprint density at radius 3 is 2.16 bits per heavy atom. The molecule has 0 aromatic heterocycles. The van der Waals surface area contributed by atoms with E-state index in [1.807, 2.05) is 12.1 Å². The lowest BCUT2D eigenvalue weighted by molar-refractivity contribution is -0.137. The van der Waals surface area contributed by atoms with E-state index >= 15 is 0 Å². The van der Waals surface area contributed by atoms with Gasteiger partial charge in [-0.1, -0.05) is 30.3 Å². The minimum Gasteiger partial charge on any atom is -0.478 e. The van der Waals surface area contributed by atoms with E-state index in [1.54, 1.807) is 23.1 Å². The largest absolute Gasteiger partial charge is 0.478 e. The van der Waals surface area contributed by atoms with Crippen LogP contribution < -0.4 is 4.90 Å². The molecular formula is C24H18F3NO3. The first-order valence-electron chi connectivity index (χ1n) is 9.65. The van der Waals surface area contributed by atoms with Crippen LogP contribution in [0.5, 0.6) is 0 Å². The summed E-state index contributed by atoms with van der Waals surface area (Å²) in [4.78, 5) is 25.2. The molecule has 7 heteroatoms. The zero-order chi connectivity index (χ0) is 22.2. The SMILES string of the molecule is O=C(O)c1ccc(CN2C(=O)CCc3cc(-c4ccc(C(F)(F)F)cc4)ccc32)cc1. The van der Waals surface area contributed by atoms with Crippen LogP contribution in [0.15, 0.2) is 66.7 Å². The fourth-order valence-electron chi connectivity index (χ4n) is 3.70. The average Bonchev–Trinajstić information content (AvgIpc) is 2.75. The molecule has 1 aliphatic heterocycles. The van der Waals surface area contributed by atoms with E-state index in [-0.39, 0.29) is 11.5 Å². The summed E-state index contributed by atoms with van der Waals surface area (Å²) in [5.41, 5.74) is 3.44. The number of halogens is 3. The van der Waals surface area contributed by atoms with Crippen LogP contribution in [-0.4, -0.2) is 17.0 Å². The number of aromatic carboxylic acids is 1. The molecule has 0 radical (unpaired) electrons. The van der Waals surface area contributed by atoms with Crippen molar-refractivity contribution >= 4 is 17.6 Å². The number of alkyl halides is 3. The van der Waals surface area contributed by atoms with Gasteiger partial charge in [0.1, 0.15) is 0 Å². The van der Waals surface area contributed by atoms with E-state index < -0.39 is 17.7 Å². The lowest BCUT2D eigenvalue weighted by atomic mass is 9.95. The summed E-state index contributed by atoms with van der Waals surface area (Å²) >= 11 is 0. The second-order valence-corrected chi connectivity index (χ2v) is 7.40. The Morgan fingerprint density at radius 2 is 1.55 bits per heavy atom. The molecule has 0 bridgehead atoms. The zero-order valence-electron chi connectivity index (χ0n) is 16.3. The Bertz CT molecular complexity index is 1140. The molecular weight excluding hydrogens is 407 g/mol. The summed E-state index contributed by atoms with van der Waals surface area (Å²) in [5, 5.41) is 9.02. The maximum atomic E-state index is 12.8. The first-order chi connectivity index (χ1) is 14.7. The Labute approximate surface area is 176 Å². The fraction of sp³-hybridized carbons (Fsp3) is 0.167. The monoisotopic (exact) mass is 425 g/mol. The molecule has 3 aromatic carbocycles. The number of carboxylic acid groups (broad SMARTS) is 1. The highest BCUT2D eigenvalue weighted by Crippen LogP contribution is 2.35. The summed E-state index contributed by atoms with van der Waals surface area (Å²) in [6.45, 7) is 0.311. The van der Waals surface area contributed by atoms with Gasteiger partial charge in [0, 0.05) is 12.1 Å². The van der Waals surface area contributed by atoms with E-state index in [2.05, 4.69) is 0 Å². The van der Waals surface area contributed by atoms with Crippen LogP contribution in [-0.2, 0) is 23.9 Å². The molecule has 4 rings (SSSR count). The highest BCUT2D eigenvalue weighted by Gasteiger charge is 2.30. The number of carbonyl (C=O) groups excluding carboxylic acids is 1. The Balaban J connectivity index is 1.60. The topological polar surface area (TPSA) is 57.6 Å². The van der Waals surface area contributed by atoms with Gasteiger partial charge >= 0.3 is 12.1 Å². The highest BCUT2D eigenvalue weighted by molar-refractivity contribution is 5.97. The van der Waals surface area contributed by atoms with Crippen molar-refractivity contribution in [3.63, 3.8) is 0 Å². The number of rotatable bonds is 4. The number of amides is 1. The molecule has 0 atom stereocenters. The van der Waals surface area contributed by atoms with E-state index in [9.17, 15) is 22.8 Å². The third kappa shape index (κ3) is 4.30. The number of carbonyl (C=O) groups is 2. The van der Waals surface area contributed by atoms with Gasteiger partial charge in [-0.2, -0.15) is 13.2 Å². The fourth-order valence-corrected chi connectivity index (χ4v) is 3.70. The minimum absolute atomic E-state index is 0.0305. The summed E-state index contributed by atoms with van der Waals surface area (Å²) in [6, 6.07) is 16.9. The van der Waals surface area contributed by atoms with Crippen molar-refractivity contribution in [2.45, 2.75) is 25.6 Å². The van der Waals surface area contributed by atoms with Crippen molar-refractivity contribution in [2.75, 3.05) is 4.90 Å². The maximum absolute atomic E-state index is 12.8. The summed E-state index contributed by atoms with van der Waals surface area (Å²) in [6.07, 6.45) is -3.49. The van der Waals surface area contributed by atoms with Crippen LogP contribution in [0, 0.1) is 0 Å². The van der Waals surface area contributed by atoms with Gasteiger partial charge in [0.15, 0.2) is 0 Å². The van der Waals surface area contributed by atoms with E-state index in [0.29, 0.717) is 24.9 Å². The number of hydrogen-bond acceptors (Lipinski definition) is 2. The third-order valence-electron chi connectivity index (χ3n) is 5.37. The lowest BCUT2D eigenvalue weighted by Gasteiger charge is -2.30. The van der Waals surface area contributed by atoms with Crippen LogP contribution >= 0.6 is 0 Å². The standard InChI is InChI=1S/C24H18F3NO3/c25-24(26,27)20-9-5-16(6-10-20)18-7-11-21-19(13-18)8-12-22(29)28(21)14-15-1-3-17(4-2-15)23(30)31/h1-7,9-11,13H,8,12,14H2,(H,30,31). The molecule has 0 fully saturated rings. The molecule has 0 saturated carbocycles. The molecule has 1 N–H and O–H groups in total. The van der Waals surface area contributed by atoms with Crippen LogP contribution in [0.4, 0.5) is 18.9 Å². The normalized spacial score (nSPS) is 13.8. The Kier molecular flexibility index (Phi) is 5.27. The number of benzene rings is 3. The molecule has 0 saturated heterocycles. The number of carboxylic acids is 1. The van der Waals surface area contributed by atoms with Gasteiger partial charge in [0.25, 0.3) is 0 Å². The van der Waals surface area contributed by atoms with Gasteiger partial charge in [-0.3, -0.25) is 4.79 Å². The van der Waals surface area contributed by atoms with Gasteiger partial charge in [-0.05, 0) is 65.1 Å². The second kappa shape index (κ2) is 7.91. The van der Waals surface area contributed by atoms with Crippen LogP contribution in [0.3, 0.4) is 0 Å². The Morgan fingerprint density at radius 1 is 0.903 bits per heavy atom. The third-order valence-corrected chi connectivity index (χ3v) is 5.37. The number of hydrogen-bond donors (Lipinski definition) is 1. The molecule has 0 spiro atoms. The Hall–Kier alpha value is -3.61. The molecule has 31 heavy (non-hydrogen) atoms. The van der Waals surface area contributed by atoms with Crippen LogP contribution in [0.25, 0.3) is 11.1 Å². The highest BCUT2D eigenvalue weighted by atomic mass is 19.4. The first kappa shape index (κ1) is 20.7. The second-order valence-electron chi connectivity index (χ2n) is 7.40. The zero-order valence-corrected chi connectivity index (χ0v) is 16.3. The van der Waals surface area contributed by atoms with Crippen molar-refractivity contribution in [1.29, 1.82) is 0 Å². The quantitative estimate of drug-likeness (QED) is 0.596. The number of nitrogens with zero attached hydrogens (tertiary/aromatic N) is 1.